The Labute approximate surface area is 231 Å². The molecule has 0 unspecified atom stereocenters. The van der Waals surface area contributed by atoms with E-state index in [2.05, 4.69) is 19.8 Å². The van der Waals surface area contributed by atoms with Gasteiger partial charge in [0.1, 0.15) is 12.1 Å². The van der Waals surface area contributed by atoms with Gasteiger partial charge in [0.05, 0.1) is 23.5 Å². The lowest BCUT2D eigenvalue weighted by Crippen LogP contribution is -2.31. The average molecular weight is 566 g/mol. The fourth-order valence-corrected chi connectivity index (χ4v) is 5.11. The molecule has 0 aliphatic carbocycles. The number of halogens is 3. The summed E-state index contributed by atoms with van der Waals surface area (Å²) in [5.74, 6) is -0.195. The molecule has 8 nitrogen and oxygen atoms in total. The number of aromatic nitrogens is 3. The molecule has 0 saturated carbocycles. The molecule has 1 aliphatic rings. The number of nitrogens with zero attached hydrogens (tertiary/aromatic N) is 5. The number of hydrogen-bond donors (Lipinski definition) is 0. The highest BCUT2D eigenvalue weighted by atomic mass is 32.2. The number of rotatable bonds is 6. The van der Waals surface area contributed by atoms with E-state index in [9.17, 15) is 22.8 Å². The lowest BCUT2D eigenvalue weighted by Gasteiger charge is -2.20. The molecule has 3 aromatic carbocycles. The van der Waals surface area contributed by atoms with Crippen molar-refractivity contribution in [1.82, 2.24) is 14.8 Å². The number of aryl methyl sites for hydroxylation is 2. The van der Waals surface area contributed by atoms with Gasteiger partial charge in [-0.15, -0.1) is 18.3 Å². The molecule has 0 atom stereocenters. The molecule has 40 heavy (non-hydrogen) atoms. The van der Waals surface area contributed by atoms with Crippen LogP contribution in [0.15, 0.2) is 78.0 Å². The Morgan fingerprint density at radius 3 is 2.35 bits per heavy atom. The first-order chi connectivity index (χ1) is 19.1. The number of carbonyl (C=O) groups is 2. The van der Waals surface area contributed by atoms with Gasteiger partial charge >= 0.3 is 6.36 Å². The zero-order valence-electron chi connectivity index (χ0n) is 21.3. The molecule has 204 valence electrons. The molecule has 2 amide bonds. The lowest BCUT2D eigenvalue weighted by atomic mass is 10.1. The summed E-state index contributed by atoms with van der Waals surface area (Å²) in [6, 6.07) is 18.1. The molecule has 1 aromatic heterocycles. The van der Waals surface area contributed by atoms with Gasteiger partial charge in [-0.1, -0.05) is 54.2 Å². The standard InChI is InChI=1S/C28H22F3N5O3S/c1-17-4-3-5-18(2)25(17)36-24(38)15-40-27(36)33-23(37)14-19-6-8-20(9-7-19)26-32-16-35(34-26)21-10-12-22(13-11-21)39-28(29,30)31/h3-13,16H,14-15H2,1-2H3. The molecular formula is C28H22F3N5O3S. The van der Waals surface area contributed by atoms with E-state index >= 15 is 0 Å². The maximum atomic E-state index is 12.8. The first kappa shape index (κ1) is 27.1. The molecule has 2 heterocycles. The minimum absolute atomic E-state index is 0.0489. The average Bonchev–Trinajstić information content (AvgIpc) is 3.52. The number of anilines is 1. The number of ether oxygens (including phenoxy) is 1. The first-order valence-electron chi connectivity index (χ1n) is 12.1. The van der Waals surface area contributed by atoms with Crippen LogP contribution in [0.5, 0.6) is 5.75 Å². The van der Waals surface area contributed by atoms with Crippen LogP contribution in [0.3, 0.4) is 0 Å². The molecule has 1 saturated heterocycles. The maximum absolute atomic E-state index is 12.8. The fraction of sp³-hybridized carbons (Fsp3) is 0.179. The van der Waals surface area contributed by atoms with E-state index in [1.807, 2.05) is 32.0 Å². The Morgan fingerprint density at radius 1 is 1.02 bits per heavy atom. The van der Waals surface area contributed by atoms with Gasteiger partial charge in [-0.3, -0.25) is 14.5 Å². The first-order valence-corrected chi connectivity index (χ1v) is 13.1. The van der Waals surface area contributed by atoms with Crippen LogP contribution in [0, 0.1) is 13.8 Å². The predicted octanol–water partition coefficient (Wildman–Crippen LogP) is 5.65. The van der Waals surface area contributed by atoms with E-state index in [4.69, 9.17) is 0 Å². The monoisotopic (exact) mass is 565 g/mol. The quantitative estimate of drug-likeness (QED) is 0.300. The molecule has 0 N–H and O–H groups in total. The smallest absolute Gasteiger partial charge is 0.406 e. The van der Waals surface area contributed by atoms with Crippen molar-refractivity contribution in [3.8, 4) is 22.8 Å². The van der Waals surface area contributed by atoms with E-state index < -0.39 is 6.36 Å². The van der Waals surface area contributed by atoms with Crippen LogP contribution >= 0.6 is 11.8 Å². The van der Waals surface area contributed by atoms with Crippen LogP contribution in [0.1, 0.15) is 16.7 Å². The number of benzene rings is 3. The number of carbonyl (C=O) groups excluding carboxylic acids is 2. The summed E-state index contributed by atoms with van der Waals surface area (Å²) < 4.78 is 42.4. The maximum Gasteiger partial charge on any atom is 0.573 e. The summed E-state index contributed by atoms with van der Waals surface area (Å²) in [5, 5.41) is 4.76. The second-order valence-corrected chi connectivity index (χ2v) is 9.92. The van der Waals surface area contributed by atoms with E-state index in [1.165, 1.54) is 51.9 Å². The molecule has 1 fully saturated rings. The Morgan fingerprint density at radius 2 is 1.70 bits per heavy atom. The van der Waals surface area contributed by atoms with Crippen LogP contribution in [0.25, 0.3) is 17.1 Å². The highest BCUT2D eigenvalue weighted by Crippen LogP contribution is 2.32. The van der Waals surface area contributed by atoms with E-state index in [0.29, 0.717) is 22.2 Å². The Kier molecular flexibility index (Phi) is 7.44. The van der Waals surface area contributed by atoms with E-state index in [-0.39, 0.29) is 29.7 Å². The van der Waals surface area contributed by atoms with Crippen molar-refractivity contribution in [1.29, 1.82) is 0 Å². The second kappa shape index (κ2) is 11.0. The van der Waals surface area contributed by atoms with Crippen molar-refractivity contribution in [3.05, 3.63) is 89.7 Å². The normalized spacial score (nSPS) is 14.7. The van der Waals surface area contributed by atoms with Crippen molar-refractivity contribution < 1.29 is 27.5 Å². The van der Waals surface area contributed by atoms with Crippen LogP contribution < -0.4 is 9.64 Å². The fourth-order valence-electron chi connectivity index (χ4n) is 4.24. The van der Waals surface area contributed by atoms with Crippen molar-refractivity contribution in [3.63, 3.8) is 0 Å². The Balaban J connectivity index is 1.26. The third-order valence-electron chi connectivity index (χ3n) is 6.04. The third-order valence-corrected chi connectivity index (χ3v) is 6.97. The van der Waals surface area contributed by atoms with Gasteiger partial charge in [0.2, 0.25) is 5.91 Å². The summed E-state index contributed by atoms with van der Waals surface area (Å²) in [6.45, 7) is 3.83. The number of para-hydroxylation sites is 1. The van der Waals surface area contributed by atoms with Gasteiger partial charge in [-0.05, 0) is 54.8 Å². The number of thioether (sulfide) groups is 1. The number of alkyl halides is 3. The zero-order valence-corrected chi connectivity index (χ0v) is 22.2. The highest BCUT2D eigenvalue weighted by molar-refractivity contribution is 8.15. The minimum atomic E-state index is -4.76. The molecule has 0 bridgehead atoms. The lowest BCUT2D eigenvalue weighted by molar-refractivity contribution is -0.274. The van der Waals surface area contributed by atoms with Gasteiger partial charge in [0.25, 0.3) is 5.91 Å². The van der Waals surface area contributed by atoms with Gasteiger partial charge in [-0.25, -0.2) is 9.67 Å². The summed E-state index contributed by atoms with van der Waals surface area (Å²) >= 11 is 1.24. The number of amides is 2. The van der Waals surface area contributed by atoms with Crippen molar-refractivity contribution in [2.75, 3.05) is 10.7 Å². The van der Waals surface area contributed by atoms with Crippen LogP contribution in [0.2, 0.25) is 0 Å². The van der Waals surface area contributed by atoms with Gasteiger partial charge in [-0.2, -0.15) is 4.99 Å². The minimum Gasteiger partial charge on any atom is -0.406 e. The Bertz CT molecular complexity index is 1580. The number of amidine groups is 1. The topological polar surface area (TPSA) is 89.7 Å². The molecule has 5 rings (SSSR count). The SMILES string of the molecule is Cc1cccc(C)c1N1C(=O)CSC1=NC(=O)Cc1ccc(-c2ncn(-c3ccc(OC(F)(F)F)cc3)n2)cc1. The van der Waals surface area contributed by atoms with Crippen LogP contribution in [-0.4, -0.2) is 43.9 Å². The van der Waals surface area contributed by atoms with Gasteiger partial charge in [0.15, 0.2) is 11.0 Å². The predicted molar refractivity (Wildman–Crippen MR) is 145 cm³/mol. The molecule has 12 heteroatoms. The summed E-state index contributed by atoms with van der Waals surface area (Å²) in [6.07, 6.45) is -3.26. The Hall–Kier alpha value is -4.45. The van der Waals surface area contributed by atoms with Gasteiger partial charge in [0, 0.05) is 5.56 Å². The second-order valence-electron chi connectivity index (χ2n) is 8.97. The largest absolute Gasteiger partial charge is 0.573 e. The van der Waals surface area contributed by atoms with Gasteiger partial charge < -0.3 is 4.74 Å². The molecule has 4 aromatic rings. The summed E-state index contributed by atoms with van der Waals surface area (Å²) in [7, 11) is 0. The van der Waals surface area contributed by atoms with Crippen LogP contribution in [-0.2, 0) is 16.0 Å². The highest BCUT2D eigenvalue weighted by Gasteiger charge is 2.32. The number of aliphatic imine (C=N–C) groups is 1. The summed E-state index contributed by atoms with van der Waals surface area (Å²) in [5.41, 5.74) is 4.53. The number of hydrogen-bond acceptors (Lipinski definition) is 6. The van der Waals surface area contributed by atoms with Crippen molar-refractivity contribution in [2.24, 2.45) is 4.99 Å². The van der Waals surface area contributed by atoms with Crippen LogP contribution in [0.4, 0.5) is 18.9 Å². The van der Waals surface area contributed by atoms with Crippen molar-refractivity contribution >= 4 is 34.4 Å². The molecule has 1 aliphatic heterocycles. The zero-order chi connectivity index (χ0) is 28.4. The van der Waals surface area contributed by atoms with Crippen molar-refractivity contribution in [2.45, 2.75) is 26.6 Å². The molecule has 0 spiro atoms. The summed E-state index contributed by atoms with van der Waals surface area (Å²) in [4.78, 5) is 35.5. The molecule has 0 radical (unpaired) electrons. The third kappa shape index (κ3) is 6.07. The molecular weight excluding hydrogens is 543 g/mol. The van der Waals surface area contributed by atoms with E-state index in [0.717, 1.165) is 22.4 Å². The van der Waals surface area contributed by atoms with E-state index in [1.54, 1.807) is 24.3 Å².